The molecule has 1 aliphatic carbocycles. The van der Waals surface area contributed by atoms with Crippen molar-refractivity contribution in [3.05, 3.63) is 0 Å². The van der Waals surface area contributed by atoms with E-state index >= 15 is 0 Å². The van der Waals surface area contributed by atoms with Gasteiger partial charge in [-0.2, -0.15) is 0 Å². The largest absolute Gasteiger partial charge is 0.393 e. The zero-order valence-electron chi connectivity index (χ0n) is 10.5. The molecule has 1 aliphatic rings. The predicted octanol–water partition coefficient (Wildman–Crippen LogP) is 2.09. The van der Waals surface area contributed by atoms with E-state index in [1.165, 1.54) is 6.42 Å². The summed E-state index contributed by atoms with van der Waals surface area (Å²) in [6.07, 6.45) is 5.60. The van der Waals surface area contributed by atoms with Crippen LogP contribution in [-0.4, -0.2) is 23.7 Å². The van der Waals surface area contributed by atoms with Crippen LogP contribution in [0.2, 0.25) is 0 Å². The first kappa shape index (κ1) is 13.5. The van der Waals surface area contributed by atoms with Crippen LogP contribution in [0.3, 0.4) is 0 Å². The van der Waals surface area contributed by atoms with Gasteiger partial charge in [-0.3, -0.25) is 4.79 Å². The summed E-state index contributed by atoms with van der Waals surface area (Å²) >= 11 is 0. The van der Waals surface area contributed by atoms with E-state index in [-0.39, 0.29) is 17.9 Å². The highest BCUT2D eigenvalue weighted by Gasteiger charge is 2.23. The summed E-state index contributed by atoms with van der Waals surface area (Å²) in [5.41, 5.74) is 0. The number of aliphatic hydroxyl groups excluding tert-OH is 1. The Balaban J connectivity index is 2.15. The Bertz CT molecular complexity index is 216. The molecule has 0 aromatic heterocycles. The van der Waals surface area contributed by atoms with Crippen LogP contribution in [0.4, 0.5) is 0 Å². The quantitative estimate of drug-likeness (QED) is 0.755. The van der Waals surface area contributed by atoms with E-state index in [2.05, 4.69) is 19.2 Å². The summed E-state index contributed by atoms with van der Waals surface area (Å²) in [7, 11) is 0. The number of hydrogen-bond donors (Lipinski definition) is 2. The molecule has 3 nitrogen and oxygen atoms in total. The molecule has 0 bridgehead atoms. The van der Waals surface area contributed by atoms with E-state index in [1.54, 1.807) is 0 Å². The lowest BCUT2D eigenvalue weighted by Crippen LogP contribution is -2.36. The number of carbonyl (C=O) groups excluding carboxylic acids is 1. The smallest absolute Gasteiger partial charge is 0.220 e. The average Bonchev–Trinajstić information content (AvgIpc) is 2.25. The molecule has 1 fully saturated rings. The van der Waals surface area contributed by atoms with Crippen molar-refractivity contribution in [3.8, 4) is 0 Å². The minimum Gasteiger partial charge on any atom is -0.393 e. The molecule has 2 unspecified atom stereocenters. The second-order valence-electron chi connectivity index (χ2n) is 5.35. The van der Waals surface area contributed by atoms with Crippen LogP contribution in [0.15, 0.2) is 0 Å². The van der Waals surface area contributed by atoms with Crippen LogP contribution in [0, 0.1) is 11.8 Å². The zero-order valence-corrected chi connectivity index (χ0v) is 10.5. The van der Waals surface area contributed by atoms with Gasteiger partial charge in [0.2, 0.25) is 5.91 Å². The Labute approximate surface area is 98.6 Å². The molecule has 0 spiro atoms. The molecule has 1 saturated carbocycles. The maximum absolute atomic E-state index is 11.5. The summed E-state index contributed by atoms with van der Waals surface area (Å²) in [4.78, 5) is 11.5. The molecular weight excluding hydrogens is 202 g/mol. The normalized spacial score (nSPS) is 25.8. The molecule has 0 aliphatic heterocycles. The molecule has 0 saturated heterocycles. The van der Waals surface area contributed by atoms with Crippen LogP contribution >= 0.6 is 0 Å². The highest BCUT2D eigenvalue weighted by atomic mass is 16.3. The molecule has 1 rings (SSSR count). The molecule has 0 aromatic carbocycles. The van der Waals surface area contributed by atoms with Crippen molar-refractivity contribution in [2.24, 2.45) is 11.8 Å². The lowest BCUT2D eigenvalue weighted by atomic mass is 9.86. The minimum atomic E-state index is -0.209. The van der Waals surface area contributed by atoms with Crippen molar-refractivity contribution in [2.45, 2.75) is 58.5 Å². The van der Waals surface area contributed by atoms with Gasteiger partial charge in [0, 0.05) is 18.9 Å². The summed E-state index contributed by atoms with van der Waals surface area (Å²) in [5.74, 6) is 0.981. The summed E-state index contributed by atoms with van der Waals surface area (Å²) < 4.78 is 0. The van der Waals surface area contributed by atoms with Crippen LogP contribution in [0.5, 0.6) is 0 Å². The van der Waals surface area contributed by atoms with Crippen LogP contribution < -0.4 is 5.32 Å². The Kier molecular flexibility index (Phi) is 5.81. The number of amides is 1. The lowest BCUT2D eigenvalue weighted by molar-refractivity contribution is -0.121. The molecule has 2 N–H and O–H groups in total. The fraction of sp³-hybridized carbons (Fsp3) is 0.923. The number of aliphatic hydroxyl groups is 1. The maximum Gasteiger partial charge on any atom is 0.220 e. The average molecular weight is 227 g/mol. The maximum atomic E-state index is 11.5. The molecule has 16 heavy (non-hydrogen) atoms. The summed E-state index contributed by atoms with van der Waals surface area (Å²) in [5, 5.41) is 12.7. The topological polar surface area (TPSA) is 49.3 Å². The Morgan fingerprint density at radius 2 is 2.06 bits per heavy atom. The summed E-state index contributed by atoms with van der Waals surface area (Å²) in [6.45, 7) is 4.90. The first-order chi connectivity index (χ1) is 7.59. The molecule has 0 radical (unpaired) electrons. The van der Waals surface area contributed by atoms with E-state index in [0.717, 1.165) is 25.7 Å². The van der Waals surface area contributed by atoms with Crippen molar-refractivity contribution in [1.29, 1.82) is 0 Å². The van der Waals surface area contributed by atoms with Crippen LogP contribution in [-0.2, 0) is 4.79 Å². The van der Waals surface area contributed by atoms with Gasteiger partial charge < -0.3 is 10.4 Å². The fourth-order valence-corrected chi connectivity index (χ4v) is 2.18. The number of hydrogen-bond acceptors (Lipinski definition) is 2. The lowest BCUT2D eigenvalue weighted by Gasteiger charge is -2.27. The van der Waals surface area contributed by atoms with Gasteiger partial charge in [-0.25, -0.2) is 0 Å². The van der Waals surface area contributed by atoms with Crippen LogP contribution in [0.1, 0.15) is 52.4 Å². The highest BCUT2D eigenvalue weighted by molar-refractivity contribution is 5.75. The third kappa shape index (κ3) is 4.97. The van der Waals surface area contributed by atoms with Crippen molar-refractivity contribution in [2.75, 3.05) is 6.54 Å². The minimum absolute atomic E-state index is 0.131. The van der Waals surface area contributed by atoms with Gasteiger partial charge >= 0.3 is 0 Å². The summed E-state index contributed by atoms with van der Waals surface area (Å²) in [6, 6.07) is 0. The number of nitrogens with one attached hydrogen (secondary N) is 1. The molecule has 3 heteroatoms. The van der Waals surface area contributed by atoms with Crippen LogP contribution in [0.25, 0.3) is 0 Å². The van der Waals surface area contributed by atoms with E-state index in [0.29, 0.717) is 18.9 Å². The highest BCUT2D eigenvalue weighted by Crippen LogP contribution is 2.23. The standard InChI is InChI=1S/C13H25NO2/c1-10(2)7-8-13(16)14-9-11-5-3-4-6-12(11)15/h10-12,15H,3-9H2,1-2H3,(H,14,16). The molecule has 0 aromatic rings. The van der Waals surface area contributed by atoms with Gasteiger partial charge in [0.25, 0.3) is 0 Å². The Morgan fingerprint density at radius 3 is 2.69 bits per heavy atom. The van der Waals surface area contributed by atoms with Gasteiger partial charge in [0.05, 0.1) is 6.10 Å². The van der Waals surface area contributed by atoms with Gasteiger partial charge in [0.15, 0.2) is 0 Å². The second-order valence-corrected chi connectivity index (χ2v) is 5.35. The van der Waals surface area contributed by atoms with Crippen molar-refractivity contribution in [1.82, 2.24) is 5.32 Å². The van der Waals surface area contributed by atoms with Crippen molar-refractivity contribution in [3.63, 3.8) is 0 Å². The van der Waals surface area contributed by atoms with Crippen molar-refractivity contribution < 1.29 is 9.90 Å². The number of rotatable bonds is 5. The van der Waals surface area contributed by atoms with Gasteiger partial charge in [-0.1, -0.05) is 26.7 Å². The third-order valence-electron chi connectivity index (χ3n) is 3.38. The van der Waals surface area contributed by atoms with Gasteiger partial charge in [0.1, 0.15) is 0 Å². The van der Waals surface area contributed by atoms with E-state index < -0.39 is 0 Å². The van der Waals surface area contributed by atoms with E-state index in [1.807, 2.05) is 0 Å². The molecule has 2 atom stereocenters. The van der Waals surface area contributed by atoms with Gasteiger partial charge in [-0.15, -0.1) is 0 Å². The Hall–Kier alpha value is -0.570. The van der Waals surface area contributed by atoms with E-state index in [9.17, 15) is 9.90 Å². The third-order valence-corrected chi connectivity index (χ3v) is 3.38. The molecular formula is C13H25NO2. The fourth-order valence-electron chi connectivity index (χ4n) is 2.18. The second kappa shape index (κ2) is 6.89. The van der Waals surface area contributed by atoms with E-state index in [4.69, 9.17) is 0 Å². The molecule has 94 valence electrons. The van der Waals surface area contributed by atoms with Gasteiger partial charge in [-0.05, 0) is 25.2 Å². The number of carbonyl (C=O) groups is 1. The predicted molar refractivity (Wildman–Crippen MR) is 65.0 cm³/mol. The first-order valence-electron chi connectivity index (χ1n) is 6.54. The molecule has 1 amide bonds. The zero-order chi connectivity index (χ0) is 12.0. The molecule has 0 heterocycles. The van der Waals surface area contributed by atoms with Crippen molar-refractivity contribution >= 4 is 5.91 Å². The SMILES string of the molecule is CC(C)CCC(=O)NCC1CCCCC1O. The first-order valence-corrected chi connectivity index (χ1v) is 6.54. The Morgan fingerprint density at radius 1 is 1.38 bits per heavy atom. The monoisotopic (exact) mass is 227 g/mol.